The maximum atomic E-state index is 13.0. The highest BCUT2D eigenvalue weighted by atomic mass is 35.5. The van der Waals surface area contributed by atoms with Crippen molar-refractivity contribution in [2.75, 3.05) is 33.8 Å². The SMILES string of the molecule is CN(C)C(=O)COc1ccc(C(F)(F)F)cc1C1CCNCC1.Cl. The first-order chi connectivity index (χ1) is 10.8. The van der Waals surface area contributed by atoms with Gasteiger partial charge in [0.1, 0.15) is 5.75 Å². The smallest absolute Gasteiger partial charge is 0.416 e. The second-order valence-corrected chi connectivity index (χ2v) is 5.85. The summed E-state index contributed by atoms with van der Waals surface area (Å²) in [4.78, 5) is 13.0. The highest BCUT2D eigenvalue weighted by molar-refractivity contribution is 5.85. The Hall–Kier alpha value is -1.47. The standard InChI is InChI=1S/C16H21F3N2O2.ClH/c1-21(2)15(22)10-23-14-4-3-12(16(17,18)19)9-13(14)11-5-7-20-8-6-11;/h3-4,9,11,20H,5-8,10H2,1-2H3;1H. The summed E-state index contributed by atoms with van der Waals surface area (Å²) in [6, 6.07) is 3.48. The van der Waals surface area contributed by atoms with E-state index in [0.29, 0.717) is 11.3 Å². The lowest BCUT2D eigenvalue weighted by Gasteiger charge is -2.26. The number of amides is 1. The molecule has 8 heteroatoms. The predicted octanol–water partition coefficient (Wildman–Crippen LogP) is 3.06. The molecule has 1 aromatic carbocycles. The molecule has 0 aliphatic carbocycles. The van der Waals surface area contributed by atoms with Crippen molar-refractivity contribution < 1.29 is 22.7 Å². The van der Waals surface area contributed by atoms with Crippen LogP contribution in [0.5, 0.6) is 5.75 Å². The van der Waals surface area contributed by atoms with Gasteiger partial charge < -0.3 is 15.0 Å². The second kappa shape index (κ2) is 8.58. The number of nitrogens with one attached hydrogen (secondary N) is 1. The number of carbonyl (C=O) groups is 1. The van der Waals surface area contributed by atoms with Crippen LogP contribution in [-0.4, -0.2) is 44.6 Å². The van der Waals surface area contributed by atoms with Crippen molar-refractivity contribution in [3.63, 3.8) is 0 Å². The molecule has 1 amide bonds. The Bertz CT molecular complexity index is 559. The zero-order valence-corrected chi connectivity index (χ0v) is 14.5. The molecule has 1 aliphatic rings. The molecule has 1 heterocycles. The number of piperidine rings is 1. The molecule has 0 saturated carbocycles. The van der Waals surface area contributed by atoms with Crippen LogP contribution in [0.25, 0.3) is 0 Å². The van der Waals surface area contributed by atoms with Crippen molar-refractivity contribution in [3.8, 4) is 5.75 Å². The van der Waals surface area contributed by atoms with Crippen molar-refractivity contribution in [1.29, 1.82) is 0 Å². The highest BCUT2D eigenvalue weighted by Crippen LogP contribution is 2.38. The molecule has 4 nitrogen and oxygen atoms in total. The van der Waals surface area contributed by atoms with Crippen LogP contribution in [0.1, 0.15) is 29.9 Å². The van der Waals surface area contributed by atoms with Gasteiger partial charge in [-0.05, 0) is 55.6 Å². The predicted molar refractivity (Wildman–Crippen MR) is 87.7 cm³/mol. The molecule has 0 aromatic heterocycles. The summed E-state index contributed by atoms with van der Waals surface area (Å²) >= 11 is 0. The summed E-state index contributed by atoms with van der Waals surface area (Å²) in [5.74, 6) is 0.129. The molecular formula is C16H22ClF3N2O2. The van der Waals surface area contributed by atoms with E-state index >= 15 is 0 Å². The molecule has 0 bridgehead atoms. The van der Waals surface area contributed by atoms with Crippen LogP contribution < -0.4 is 10.1 Å². The first kappa shape index (κ1) is 20.6. The van der Waals surface area contributed by atoms with Crippen molar-refractivity contribution in [2.24, 2.45) is 0 Å². The summed E-state index contributed by atoms with van der Waals surface area (Å²) in [6.45, 7) is 1.34. The van der Waals surface area contributed by atoms with E-state index < -0.39 is 11.7 Å². The fourth-order valence-corrected chi connectivity index (χ4v) is 2.58. The van der Waals surface area contributed by atoms with Crippen LogP contribution in [0.4, 0.5) is 13.2 Å². The number of rotatable bonds is 4. The Morgan fingerprint density at radius 1 is 1.29 bits per heavy atom. The van der Waals surface area contributed by atoms with Gasteiger partial charge in [-0.15, -0.1) is 12.4 Å². The normalized spacial score (nSPS) is 15.5. The van der Waals surface area contributed by atoms with Gasteiger partial charge in [0.25, 0.3) is 5.91 Å². The van der Waals surface area contributed by atoms with Gasteiger partial charge in [0.15, 0.2) is 6.61 Å². The summed E-state index contributed by atoms with van der Waals surface area (Å²) in [6.07, 6.45) is -2.89. The molecular weight excluding hydrogens is 345 g/mol. The lowest BCUT2D eigenvalue weighted by atomic mass is 9.88. The van der Waals surface area contributed by atoms with Crippen molar-refractivity contribution in [2.45, 2.75) is 24.9 Å². The Morgan fingerprint density at radius 2 is 1.92 bits per heavy atom. The number of halogens is 4. The van der Waals surface area contributed by atoms with Gasteiger partial charge in [-0.1, -0.05) is 0 Å². The Labute approximate surface area is 145 Å². The molecule has 1 saturated heterocycles. The van der Waals surface area contributed by atoms with Gasteiger partial charge in [-0.2, -0.15) is 13.2 Å². The van der Waals surface area contributed by atoms with E-state index in [1.54, 1.807) is 14.1 Å². The third-order valence-corrected chi connectivity index (χ3v) is 3.97. The zero-order chi connectivity index (χ0) is 17.0. The van der Waals surface area contributed by atoms with Gasteiger partial charge in [0.05, 0.1) is 5.56 Å². The van der Waals surface area contributed by atoms with Crippen molar-refractivity contribution in [1.82, 2.24) is 10.2 Å². The molecule has 0 radical (unpaired) electrons. The van der Waals surface area contributed by atoms with Crippen LogP contribution in [0, 0.1) is 0 Å². The minimum absolute atomic E-state index is 0. The maximum Gasteiger partial charge on any atom is 0.416 e. The number of hydrogen-bond acceptors (Lipinski definition) is 3. The summed E-state index contributed by atoms with van der Waals surface area (Å²) in [5.41, 5.74) is -0.148. The van der Waals surface area contributed by atoms with E-state index in [9.17, 15) is 18.0 Å². The zero-order valence-electron chi connectivity index (χ0n) is 13.7. The Balaban J connectivity index is 0.00000288. The number of likely N-dealkylation sites (N-methyl/N-ethyl adjacent to an activating group) is 1. The Kier molecular flexibility index (Phi) is 7.35. The lowest BCUT2D eigenvalue weighted by Crippen LogP contribution is -2.29. The second-order valence-electron chi connectivity index (χ2n) is 5.85. The molecule has 1 fully saturated rings. The largest absolute Gasteiger partial charge is 0.483 e. The van der Waals surface area contributed by atoms with E-state index in [2.05, 4.69) is 5.32 Å². The van der Waals surface area contributed by atoms with E-state index in [4.69, 9.17) is 4.74 Å². The third-order valence-electron chi connectivity index (χ3n) is 3.97. The number of nitrogens with zero attached hydrogens (tertiary/aromatic N) is 1. The maximum absolute atomic E-state index is 13.0. The van der Waals surface area contributed by atoms with Gasteiger partial charge in [0.2, 0.25) is 0 Å². The van der Waals surface area contributed by atoms with E-state index in [1.165, 1.54) is 11.0 Å². The van der Waals surface area contributed by atoms with Gasteiger partial charge in [0, 0.05) is 14.1 Å². The number of ether oxygens (including phenoxy) is 1. The molecule has 1 aliphatic heterocycles. The van der Waals surface area contributed by atoms with Crippen LogP contribution in [0.2, 0.25) is 0 Å². The minimum atomic E-state index is -4.39. The van der Waals surface area contributed by atoms with Gasteiger partial charge in [-0.25, -0.2) is 0 Å². The van der Waals surface area contributed by atoms with Gasteiger partial charge >= 0.3 is 6.18 Å². The number of alkyl halides is 3. The van der Waals surface area contributed by atoms with Crippen molar-refractivity contribution >= 4 is 18.3 Å². The molecule has 2 rings (SSSR count). The van der Waals surface area contributed by atoms with Gasteiger partial charge in [-0.3, -0.25) is 4.79 Å². The molecule has 136 valence electrons. The third kappa shape index (κ3) is 5.27. The van der Waals surface area contributed by atoms with Crippen LogP contribution >= 0.6 is 12.4 Å². The average molecular weight is 367 g/mol. The summed E-state index contributed by atoms with van der Waals surface area (Å²) in [7, 11) is 3.21. The highest BCUT2D eigenvalue weighted by Gasteiger charge is 2.32. The molecule has 0 atom stereocenters. The van der Waals surface area contributed by atoms with Crippen molar-refractivity contribution in [3.05, 3.63) is 29.3 Å². The first-order valence-electron chi connectivity index (χ1n) is 7.54. The van der Waals surface area contributed by atoms with E-state index in [-0.39, 0.29) is 30.8 Å². The molecule has 1 aromatic rings. The quantitative estimate of drug-likeness (QED) is 0.890. The summed E-state index contributed by atoms with van der Waals surface area (Å²) < 4.78 is 44.4. The lowest BCUT2D eigenvalue weighted by molar-refractivity contribution is -0.137. The molecule has 0 spiro atoms. The fraction of sp³-hybridized carbons (Fsp3) is 0.562. The average Bonchev–Trinajstić information content (AvgIpc) is 2.52. The van der Waals surface area contributed by atoms with Crippen LogP contribution in [0.15, 0.2) is 18.2 Å². The number of carbonyl (C=O) groups excluding carboxylic acids is 1. The van der Waals surface area contributed by atoms with E-state index in [0.717, 1.165) is 38.1 Å². The molecule has 24 heavy (non-hydrogen) atoms. The number of benzene rings is 1. The van der Waals surface area contributed by atoms with Crippen LogP contribution in [-0.2, 0) is 11.0 Å². The molecule has 1 N–H and O–H groups in total. The van der Waals surface area contributed by atoms with Crippen LogP contribution in [0.3, 0.4) is 0 Å². The number of hydrogen-bond donors (Lipinski definition) is 1. The monoisotopic (exact) mass is 366 g/mol. The molecule has 0 unspecified atom stereocenters. The summed E-state index contributed by atoms with van der Waals surface area (Å²) in [5, 5.41) is 3.19. The minimum Gasteiger partial charge on any atom is -0.483 e. The van der Waals surface area contributed by atoms with E-state index in [1.807, 2.05) is 0 Å². The first-order valence-corrected chi connectivity index (χ1v) is 7.54. The topological polar surface area (TPSA) is 41.6 Å². The fourth-order valence-electron chi connectivity index (χ4n) is 2.58. The Morgan fingerprint density at radius 3 is 2.46 bits per heavy atom.